The lowest BCUT2D eigenvalue weighted by Gasteiger charge is -2.34. The van der Waals surface area contributed by atoms with Crippen LogP contribution in [0.1, 0.15) is 15.9 Å². The summed E-state index contributed by atoms with van der Waals surface area (Å²) in [6.45, 7) is 1.42. The van der Waals surface area contributed by atoms with Gasteiger partial charge in [-0.3, -0.25) is 19.8 Å². The molecule has 2 N–H and O–H groups in total. The molecule has 4 amide bonds. The number of rotatable bonds is 4. The highest BCUT2D eigenvalue weighted by Crippen LogP contribution is 2.34. The summed E-state index contributed by atoms with van der Waals surface area (Å²) in [6.07, 6.45) is -4.46. The lowest BCUT2D eigenvalue weighted by molar-refractivity contribution is -0.137. The lowest BCUT2D eigenvalue weighted by Crippen LogP contribution is -2.51. The highest BCUT2D eigenvalue weighted by atomic mass is 19.4. The molecule has 34 heavy (non-hydrogen) atoms. The minimum atomic E-state index is -4.46. The Morgan fingerprint density at radius 2 is 1.59 bits per heavy atom. The van der Waals surface area contributed by atoms with Gasteiger partial charge in [-0.2, -0.15) is 13.2 Å². The number of alkyl halides is 3. The number of imide groups is 1. The molecule has 0 spiro atoms. The first-order valence-corrected chi connectivity index (χ1v) is 10.4. The fourth-order valence-electron chi connectivity index (χ4n) is 3.60. The molecule has 0 radical (unpaired) electrons. The number of nitrogens with zero attached hydrogens (tertiary/aromatic N) is 2. The van der Waals surface area contributed by atoms with E-state index in [-0.39, 0.29) is 24.8 Å². The number of halogens is 3. The van der Waals surface area contributed by atoms with Crippen LogP contribution in [0.25, 0.3) is 0 Å². The van der Waals surface area contributed by atoms with Gasteiger partial charge in [-0.15, -0.1) is 0 Å². The molecule has 4 rings (SSSR count). The zero-order valence-corrected chi connectivity index (χ0v) is 17.9. The van der Waals surface area contributed by atoms with Crippen molar-refractivity contribution in [3.05, 3.63) is 53.6 Å². The number of hydrogen-bond acceptors (Lipinski definition) is 6. The van der Waals surface area contributed by atoms with Crippen LogP contribution >= 0.6 is 0 Å². The normalized spacial score (nSPS) is 15.7. The Kier molecular flexibility index (Phi) is 6.59. The monoisotopic (exact) mass is 478 g/mol. The largest absolute Gasteiger partial charge is 0.454 e. The van der Waals surface area contributed by atoms with E-state index in [1.54, 1.807) is 23.1 Å². The number of ether oxygens (including phenoxy) is 2. The van der Waals surface area contributed by atoms with Crippen LogP contribution in [0.3, 0.4) is 0 Å². The third-order valence-corrected chi connectivity index (χ3v) is 5.37. The van der Waals surface area contributed by atoms with Gasteiger partial charge in [-0.1, -0.05) is 0 Å². The summed E-state index contributed by atoms with van der Waals surface area (Å²) in [6, 6.07) is 8.22. The number of benzene rings is 2. The summed E-state index contributed by atoms with van der Waals surface area (Å²) in [5.41, 5.74) is -0.216. The van der Waals surface area contributed by atoms with E-state index in [1.165, 1.54) is 4.90 Å². The Morgan fingerprint density at radius 1 is 0.912 bits per heavy atom. The Labute approximate surface area is 192 Å². The molecular weight excluding hydrogens is 457 g/mol. The van der Waals surface area contributed by atoms with Crippen molar-refractivity contribution >= 4 is 23.5 Å². The maximum absolute atomic E-state index is 12.7. The SMILES string of the molecule is O=C(CN1CCN(C(=O)c2ccc(C(F)(F)F)cc2)CC1)NC(=O)Nc1ccc2c(c1)OCO2. The first-order chi connectivity index (χ1) is 16.2. The maximum Gasteiger partial charge on any atom is 0.416 e. The van der Waals surface area contributed by atoms with Crippen LogP contribution in [0, 0.1) is 0 Å². The zero-order chi connectivity index (χ0) is 24.3. The first-order valence-electron chi connectivity index (χ1n) is 10.4. The predicted octanol–water partition coefficient (Wildman–Crippen LogP) is 2.54. The summed E-state index contributed by atoms with van der Waals surface area (Å²) in [5.74, 6) is 0.174. The van der Waals surface area contributed by atoms with Gasteiger partial charge in [0.15, 0.2) is 11.5 Å². The molecule has 12 heteroatoms. The standard InChI is InChI=1S/C22H21F3N4O5/c23-22(24,25)15-3-1-14(2-4-15)20(31)29-9-7-28(8-10-29)12-19(30)27-21(32)26-16-5-6-17-18(11-16)34-13-33-17/h1-6,11H,7-10,12-13H2,(H2,26,27,30,32). The number of piperazine rings is 1. The molecule has 0 unspecified atom stereocenters. The molecular formula is C22H21F3N4O5. The lowest BCUT2D eigenvalue weighted by atomic mass is 10.1. The Hall–Kier alpha value is -3.80. The van der Waals surface area contributed by atoms with Gasteiger partial charge in [-0.25, -0.2) is 4.79 Å². The molecule has 2 heterocycles. The highest BCUT2D eigenvalue weighted by Gasteiger charge is 2.31. The van der Waals surface area contributed by atoms with E-state index in [0.29, 0.717) is 43.4 Å². The molecule has 0 saturated carbocycles. The first kappa shape index (κ1) is 23.4. The van der Waals surface area contributed by atoms with Gasteiger partial charge in [-0.05, 0) is 36.4 Å². The summed E-state index contributed by atoms with van der Waals surface area (Å²) in [5, 5.41) is 4.79. The van der Waals surface area contributed by atoms with Gasteiger partial charge in [0.05, 0.1) is 12.1 Å². The van der Waals surface area contributed by atoms with Crippen molar-refractivity contribution in [1.82, 2.24) is 15.1 Å². The quantitative estimate of drug-likeness (QED) is 0.701. The van der Waals surface area contributed by atoms with Crippen molar-refractivity contribution in [2.75, 3.05) is 44.8 Å². The van der Waals surface area contributed by atoms with E-state index in [0.717, 1.165) is 24.3 Å². The van der Waals surface area contributed by atoms with Gasteiger partial charge < -0.3 is 19.7 Å². The molecule has 2 aliphatic heterocycles. The second kappa shape index (κ2) is 9.59. The molecule has 2 aliphatic rings. The third kappa shape index (κ3) is 5.57. The van der Waals surface area contributed by atoms with Crippen LogP contribution in [-0.4, -0.2) is 67.2 Å². The summed E-state index contributed by atoms with van der Waals surface area (Å²) in [7, 11) is 0. The van der Waals surface area contributed by atoms with Crippen LogP contribution < -0.4 is 20.1 Å². The van der Waals surface area contributed by atoms with Crippen LogP contribution in [-0.2, 0) is 11.0 Å². The fourth-order valence-corrected chi connectivity index (χ4v) is 3.60. The van der Waals surface area contributed by atoms with Gasteiger partial charge in [0.25, 0.3) is 5.91 Å². The van der Waals surface area contributed by atoms with Crippen LogP contribution in [0.15, 0.2) is 42.5 Å². The average Bonchev–Trinajstić information content (AvgIpc) is 3.26. The topological polar surface area (TPSA) is 100 Å². The molecule has 1 fully saturated rings. The Balaban J connectivity index is 1.21. The number of carbonyl (C=O) groups excluding carboxylic acids is 3. The van der Waals surface area contributed by atoms with Crippen molar-refractivity contribution in [3.63, 3.8) is 0 Å². The molecule has 180 valence electrons. The maximum atomic E-state index is 12.7. The van der Waals surface area contributed by atoms with Gasteiger partial charge in [0.1, 0.15) is 0 Å². The smallest absolute Gasteiger partial charge is 0.416 e. The van der Waals surface area contributed by atoms with Gasteiger partial charge >= 0.3 is 12.2 Å². The van der Waals surface area contributed by atoms with E-state index in [1.807, 2.05) is 0 Å². The van der Waals surface area contributed by atoms with Crippen LogP contribution in [0.5, 0.6) is 11.5 Å². The van der Waals surface area contributed by atoms with Crippen molar-refractivity contribution in [1.29, 1.82) is 0 Å². The molecule has 0 bridgehead atoms. The Morgan fingerprint density at radius 3 is 2.26 bits per heavy atom. The van der Waals surface area contributed by atoms with E-state index in [2.05, 4.69) is 10.6 Å². The number of amides is 4. The predicted molar refractivity (Wildman–Crippen MR) is 114 cm³/mol. The van der Waals surface area contributed by atoms with Gasteiger partial charge in [0, 0.05) is 43.5 Å². The highest BCUT2D eigenvalue weighted by molar-refractivity contribution is 6.02. The summed E-state index contributed by atoms with van der Waals surface area (Å²) in [4.78, 5) is 40.2. The number of nitrogens with one attached hydrogen (secondary N) is 2. The van der Waals surface area contributed by atoms with Crippen molar-refractivity contribution in [2.45, 2.75) is 6.18 Å². The Bertz CT molecular complexity index is 1080. The number of urea groups is 1. The minimum Gasteiger partial charge on any atom is -0.454 e. The molecule has 0 aliphatic carbocycles. The average molecular weight is 478 g/mol. The second-order valence-corrected chi connectivity index (χ2v) is 7.71. The van der Waals surface area contributed by atoms with Crippen molar-refractivity contribution < 1.29 is 37.0 Å². The van der Waals surface area contributed by atoms with Crippen LogP contribution in [0.4, 0.5) is 23.7 Å². The molecule has 2 aromatic carbocycles. The third-order valence-electron chi connectivity index (χ3n) is 5.37. The molecule has 1 saturated heterocycles. The van der Waals surface area contributed by atoms with Gasteiger partial charge in [0.2, 0.25) is 12.7 Å². The van der Waals surface area contributed by atoms with E-state index >= 15 is 0 Å². The molecule has 0 aromatic heterocycles. The summed E-state index contributed by atoms with van der Waals surface area (Å²) < 4.78 is 48.5. The number of anilines is 1. The molecule has 0 atom stereocenters. The number of hydrogen-bond donors (Lipinski definition) is 2. The van der Waals surface area contributed by atoms with E-state index < -0.39 is 23.7 Å². The van der Waals surface area contributed by atoms with Crippen LogP contribution in [0.2, 0.25) is 0 Å². The minimum absolute atomic E-state index is 0.0448. The van der Waals surface area contributed by atoms with Crippen molar-refractivity contribution in [2.24, 2.45) is 0 Å². The molecule has 9 nitrogen and oxygen atoms in total. The number of carbonyl (C=O) groups is 3. The van der Waals surface area contributed by atoms with Crippen molar-refractivity contribution in [3.8, 4) is 11.5 Å². The van der Waals surface area contributed by atoms with E-state index in [9.17, 15) is 27.6 Å². The number of fused-ring (bicyclic) bond motifs is 1. The summed E-state index contributed by atoms with van der Waals surface area (Å²) >= 11 is 0. The zero-order valence-electron chi connectivity index (χ0n) is 17.9. The fraction of sp³-hybridized carbons (Fsp3) is 0.318. The van der Waals surface area contributed by atoms with E-state index in [4.69, 9.17) is 9.47 Å². The molecule has 2 aromatic rings. The second-order valence-electron chi connectivity index (χ2n) is 7.71.